The van der Waals surface area contributed by atoms with Gasteiger partial charge in [-0.15, -0.1) is 11.3 Å². The SMILES string of the molecule is COc1cc(F)c(Br)cc1C(N)c1cccs1. The van der Waals surface area contributed by atoms with Crippen molar-refractivity contribution in [1.82, 2.24) is 0 Å². The first-order chi connectivity index (χ1) is 8.13. The number of ether oxygens (including phenoxy) is 1. The first-order valence-electron chi connectivity index (χ1n) is 4.95. The highest BCUT2D eigenvalue weighted by molar-refractivity contribution is 9.10. The fourth-order valence-corrected chi connectivity index (χ4v) is 2.69. The summed E-state index contributed by atoms with van der Waals surface area (Å²) in [7, 11) is 1.51. The minimum atomic E-state index is -0.357. The molecule has 90 valence electrons. The maximum Gasteiger partial charge on any atom is 0.141 e. The molecule has 0 spiro atoms. The highest BCUT2D eigenvalue weighted by atomic mass is 79.9. The lowest BCUT2D eigenvalue weighted by Crippen LogP contribution is -2.12. The summed E-state index contributed by atoms with van der Waals surface area (Å²) in [5, 5.41) is 1.96. The van der Waals surface area contributed by atoms with Gasteiger partial charge in [0.15, 0.2) is 0 Å². The van der Waals surface area contributed by atoms with Crippen LogP contribution in [0.25, 0.3) is 0 Å². The number of hydrogen-bond donors (Lipinski definition) is 1. The van der Waals surface area contributed by atoms with Gasteiger partial charge in [-0.2, -0.15) is 0 Å². The molecule has 0 radical (unpaired) electrons. The predicted molar refractivity (Wildman–Crippen MR) is 71.0 cm³/mol. The van der Waals surface area contributed by atoms with Crippen LogP contribution in [0.5, 0.6) is 5.75 Å². The van der Waals surface area contributed by atoms with Crippen LogP contribution in [0.2, 0.25) is 0 Å². The number of hydrogen-bond acceptors (Lipinski definition) is 3. The lowest BCUT2D eigenvalue weighted by atomic mass is 10.1. The van der Waals surface area contributed by atoms with Crippen molar-refractivity contribution < 1.29 is 9.13 Å². The molecule has 2 nitrogen and oxygen atoms in total. The van der Waals surface area contributed by atoms with E-state index in [1.165, 1.54) is 13.2 Å². The van der Waals surface area contributed by atoms with Gasteiger partial charge in [-0.25, -0.2) is 4.39 Å². The van der Waals surface area contributed by atoms with Crippen LogP contribution in [-0.2, 0) is 0 Å². The van der Waals surface area contributed by atoms with E-state index in [9.17, 15) is 4.39 Å². The fraction of sp³-hybridized carbons (Fsp3) is 0.167. The Morgan fingerprint density at radius 3 is 2.82 bits per heavy atom. The maximum absolute atomic E-state index is 13.4. The van der Waals surface area contributed by atoms with Crippen LogP contribution in [0, 0.1) is 5.82 Å². The number of thiophene rings is 1. The van der Waals surface area contributed by atoms with Gasteiger partial charge in [0.1, 0.15) is 11.6 Å². The second-order valence-electron chi connectivity index (χ2n) is 3.50. The molecule has 0 bridgehead atoms. The van der Waals surface area contributed by atoms with Crippen molar-refractivity contribution in [2.24, 2.45) is 5.73 Å². The average Bonchev–Trinajstić information content (AvgIpc) is 2.84. The Morgan fingerprint density at radius 1 is 1.47 bits per heavy atom. The Bertz CT molecular complexity index is 515. The second-order valence-corrected chi connectivity index (χ2v) is 5.33. The van der Waals surface area contributed by atoms with E-state index >= 15 is 0 Å². The molecule has 2 N–H and O–H groups in total. The molecule has 0 amide bonds. The van der Waals surface area contributed by atoms with Gasteiger partial charge in [-0.05, 0) is 33.4 Å². The van der Waals surface area contributed by atoms with Crippen molar-refractivity contribution >= 4 is 27.3 Å². The molecule has 1 aromatic carbocycles. The molecule has 0 aliphatic carbocycles. The first-order valence-corrected chi connectivity index (χ1v) is 6.62. The normalized spacial score (nSPS) is 12.5. The average molecular weight is 316 g/mol. The van der Waals surface area contributed by atoms with Gasteiger partial charge >= 0.3 is 0 Å². The van der Waals surface area contributed by atoms with Crippen LogP contribution < -0.4 is 10.5 Å². The zero-order chi connectivity index (χ0) is 12.4. The van der Waals surface area contributed by atoms with Crippen molar-refractivity contribution in [3.8, 4) is 5.75 Å². The van der Waals surface area contributed by atoms with Crippen molar-refractivity contribution in [3.63, 3.8) is 0 Å². The second kappa shape index (κ2) is 5.16. The zero-order valence-corrected chi connectivity index (χ0v) is 11.5. The van der Waals surface area contributed by atoms with Crippen LogP contribution >= 0.6 is 27.3 Å². The standard InChI is InChI=1S/C12H11BrFNOS/c1-16-10-6-9(14)8(13)5-7(10)12(15)11-3-2-4-17-11/h2-6,12H,15H2,1H3. The number of methoxy groups -OCH3 is 1. The Hall–Kier alpha value is -0.910. The highest BCUT2D eigenvalue weighted by Crippen LogP contribution is 2.34. The number of nitrogens with two attached hydrogens (primary N) is 1. The molecule has 0 aliphatic rings. The van der Waals surface area contributed by atoms with Crippen LogP contribution in [0.15, 0.2) is 34.1 Å². The van der Waals surface area contributed by atoms with Gasteiger partial charge in [0.2, 0.25) is 0 Å². The highest BCUT2D eigenvalue weighted by Gasteiger charge is 2.17. The van der Waals surface area contributed by atoms with E-state index in [0.717, 1.165) is 10.4 Å². The third kappa shape index (κ3) is 2.51. The fourth-order valence-electron chi connectivity index (χ4n) is 1.59. The molecule has 5 heteroatoms. The Labute approximate surface area is 111 Å². The smallest absolute Gasteiger partial charge is 0.141 e. The van der Waals surface area contributed by atoms with E-state index in [0.29, 0.717) is 10.2 Å². The van der Waals surface area contributed by atoms with E-state index < -0.39 is 0 Å². The Kier molecular flexibility index (Phi) is 3.81. The maximum atomic E-state index is 13.4. The van der Waals surface area contributed by atoms with Crippen LogP contribution in [-0.4, -0.2) is 7.11 Å². The van der Waals surface area contributed by atoms with E-state index in [-0.39, 0.29) is 11.9 Å². The van der Waals surface area contributed by atoms with Crippen LogP contribution in [0.4, 0.5) is 4.39 Å². The molecule has 1 heterocycles. The quantitative estimate of drug-likeness (QED) is 0.937. The molecular formula is C12H11BrFNOS. The van der Waals surface area contributed by atoms with E-state index in [1.807, 2.05) is 17.5 Å². The van der Waals surface area contributed by atoms with Crippen molar-refractivity contribution in [1.29, 1.82) is 0 Å². The summed E-state index contributed by atoms with van der Waals surface area (Å²) >= 11 is 4.72. The summed E-state index contributed by atoms with van der Waals surface area (Å²) < 4.78 is 18.9. The van der Waals surface area contributed by atoms with Crippen LogP contribution in [0.1, 0.15) is 16.5 Å². The molecule has 17 heavy (non-hydrogen) atoms. The monoisotopic (exact) mass is 315 g/mol. The summed E-state index contributed by atoms with van der Waals surface area (Å²) in [6.45, 7) is 0. The lowest BCUT2D eigenvalue weighted by Gasteiger charge is -2.15. The van der Waals surface area contributed by atoms with Gasteiger partial charge in [-0.3, -0.25) is 0 Å². The number of benzene rings is 1. The van der Waals surface area contributed by atoms with E-state index in [4.69, 9.17) is 10.5 Å². The zero-order valence-electron chi connectivity index (χ0n) is 9.11. The molecule has 1 aromatic heterocycles. The minimum Gasteiger partial charge on any atom is -0.496 e. The molecule has 0 aliphatic heterocycles. The summed E-state index contributed by atoms with van der Waals surface area (Å²) in [5.74, 6) is 0.107. The Morgan fingerprint density at radius 2 is 2.24 bits per heavy atom. The molecule has 1 unspecified atom stereocenters. The molecule has 2 rings (SSSR count). The summed E-state index contributed by atoms with van der Waals surface area (Å²) in [5.41, 5.74) is 6.91. The largest absolute Gasteiger partial charge is 0.496 e. The predicted octanol–water partition coefficient (Wildman–Crippen LogP) is 3.71. The molecule has 0 saturated carbocycles. The first kappa shape index (κ1) is 12.5. The minimum absolute atomic E-state index is 0.304. The molecule has 0 saturated heterocycles. The van der Waals surface area contributed by atoms with Gasteiger partial charge in [0.25, 0.3) is 0 Å². The van der Waals surface area contributed by atoms with Crippen molar-refractivity contribution in [3.05, 3.63) is 50.4 Å². The van der Waals surface area contributed by atoms with Crippen molar-refractivity contribution in [2.75, 3.05) is 7.11 Å². The molecule has 0 fully saturated rings. The van der Waals surface area contributed by atoms with Gasteiger partial charge in [0, 0.05) is 16.5 Å². The summed E-state index contributed by atoms with van der Waals surface area (Å²) in [4.78, 5) is 1.02. The molecular weight excluding hydrogens is 305 g/mol. The summed E-state index contributed by atoms with van der Waals surface area (Å²) in [6.07, 6.45) is 0. The van der Waals surface area contributed by atoms with Gasteiger partial charge in [-0.1, -0.05) is 6.07 Å². The third-order valence-corrected chi connectivity index (χ3v) is 4.02. The van der Waals surface area contributed by atoms with Gasteiger partial charge in [0.05, 0.1) is 17.6 Å². The Balaban J connectivity index is 2.47. The van der Waals surface area contributed by atoms with E-state index in [2.05, 4.69) is 15.9 Å². The number of halogens is 2. The topological polar surface area (TPSA) is 35.2 Å². The van der Waals surface area contributed by atoms with Crippen LogP contribution in [0.3, 0.4) is 0 Å². The van der Waals surface area contributed by atoms with E-state index in [1.54, 1.807) is 17.4 Å². The van der Waals surface area contributed by atoms with Crippen molar-refractivity contribution in [2.45, 2.75) is 6.04 Å². The van der Waals surface area contributed by atoms with Gasteiger partial charge < -0.3 is 10.5 Å². The summed E-state index contributed by atoms with van der Waals surface area (Å²) in [6, 6.07) is 6.59. The lowest BCUT2D eigenvalue weighted by molar-refractivity contribution is 0.404. The third-order valence-electron chi connectivity index (χ3n) is 2.46. The number of rotatable bonds is 3. The molecule has 1 atom stereocenters. The molecule has 2 aromatic rings.